The number of benzene rings is 3. The standard InChI is InChI=1S/C27H25ClFNO5S/c1-3-25(31)35-26-22(28)14-19(27(32)30-10-7-11-30)15-24(26)36(33,34)16-20-13-21(17(2)12-23(20)29)18-8-5-4-6-9-18/h4-6,8-9,12-15H,3,7,10-11,16H2,1-2H3. The van der Waals surface area contributed by atoms with E-state index >= 15 is 0 Å². The summed E-state index contributed by atoms with van der Waals surface area (Å²) in [5.74, 6) is -2.82. The van der Waals surface area contributed by atoms with Gasteiger partial charge in [0.2, 0.25) is 0 Å². The van der Waals surface area contributed by atoms with E-state index in [1.807, 2.05) is 30.3 Å². The van der Waals surface area contributed by atoms with Crippen LogP contribution in [-0.2, 0) is 20.4 Å². The molecule has 1 heterocycles. The van der Waals surface area contributed by atoms with Crippen LogP contribution in [-0.4, -0.2) is 38.3 Å². The fourth-order valence-electron chi connectivity index (χ4n) is 3.95. The number of ether oxygens (including phenoxy) is 1. The number of carbonyl (C=O) groups is 2. The molecule has 0 saturated carbocycles. The van der Waals surface area contributed by atoms with E-state index in [0.29, 0.717) is 24.2 Å². The molecule has 1 aliphatic heterocycles. The summed E-state index contributed by atoms with van der Waals surface area (Å²) in [6.45, 7) is 4.42. The van der Waals surface area contributed by atoms with Crippen LogP contribution in [0.4, 0.5) is 4.39 Å². The second-order valence-electron chi connectivity index (χ2n) is 8.64. The minimum absolute atomic E-state index is 0.0166. The van der Waals surface area contributed by atoms with Crippen molar-refractivity contribution in [3.05, 3.63) is 82.1 Å². The first-order valence-electron chi connectivity index (χ1n) is 11.5. The van der Waals surface area contributed by atoms with E-state index in [9.17, 15) is 22.4 Å². The molecule has 0 atom stereocenters. The van der Waals surface area contributed by atoms with Gasteiger partial charge in [-0.05, 0) is 54.3 Å². The molecule has 1 saturated heterocycles. The monoisotopic (exact) mass is 529 g/mol. The van der Waals surface area contributed by atoms with Crippen LogP contribution in [0.5, 0.6) is 5.75 Å². The molecule has 188 valence electrons. The Kier molecular flexibility index (Phi) is 7.47. The number of carbonyl (C=O) groups excluding carboxylic acids is 2. The maximum atomic E-state index is 15.0. The second-order valence-corrected chi connectivity index (χ2v) is 11.0. The van der Waals surface area contributed by atoms with Crippen molar-refractivity contribution in [2.24, 2.45) is 0 Å². The minimum atomic E-state index is -4.30. The van der Waals surface area contributed by atoms with E-state index in [2.05, 4.69) is 0 Å². The third-order valence-electron chi connectivity index (χ3n) is 6.06. The lowest BCUT2D eigenvalue weighted by Crippen LogP contribution is -2.42. The molecule has 0 bridgehead atoms. The molecule has 0 N–H and O–H groups in total. The number of amides is 1. The Hall–Kier alpha value is -3.23. The van der Waals surface area contributed by atoms with Gasteiger partial charge in [-0.25, -0.2) is 12.8 Å². The van der Waals surface area contributed by atoms with Crippen molar-refractivity contribution in [2.75, 3.05) is 13.1 Å². The zero-order valence-electron chi connectivity index (χ0n) is 19.9. The predicted molar refractivity (Wildman–Crippen MR) is 135 cm³/mol. The fourth-order valence-corrected chi connectivity index (χ4v) is 5.79. The molecule has 6 nitrogen and oxygen atoms in total. The van der Waals surface area contributed by atoms with Gasteiger partial charge in [0.15, 0.2) is 15.6 Å². The topological polar surface area (TPSA) is 80.8 Å². The van der Waals surface area contributed by atoms with Gasteiger partial charge in [-0.2, -0.15) is 0 Å². The number of esters is 1. The summed E-state index contributed by atoms with van der Waals surface area (Å²) < 4.78 is 47.5. The highest BCUT2D eigenvalue weighted by molar-refractivity contribution is 7.90. The van der Waals surface area contributed by atoms with Crippen molar-refractivity contribution in [1.82, 2.24) is 4.90 Å². The molecule has 0 spiro atoms. The van der Waals surface area contributed by atoms with E-state index in [4.69, 9.17) is 16.3 Å². The smallest absolute Gasteiger partial charge is 0.310 e. The molecule has 1 aliphatic rings. The van der Waals surface area contributed by atoms with Gasteiger partial charge in [-0.3, -0.25) is 9.59 Å². The first-order chi connectivity index (χ1) is 17.1. The number of nitrogens with zero attached hydrogens (tertiary/aromatic N) is 1. The highest BCUT2D eigenvalue weighted by Crippen LogP contribution is 2.37. The zero-order valence-corrected chi connectivity index (χ0v) is 21.5. The second kappa shape index (κ2) is 10.4. The van der Waals surface area contributed by atoms with Gasteiger partial charge in [0.25, 0.3) is 5.91 Å². The number of hydrogen-bond acceptors (Lipinski definition) is 5. The lowest BCUT2D eigenvalue weighted by Gasteiger charge is -2.31. The molecule has 4 rings (SSSR count). The van der Waals surface area contributed by atoms with Crippen LogP contribution < -0.4 is 4.74 Å². The Bertz CT molecular complexity index is 1440. The predicted octanol–water partition coefficient (Wildman–Crippen LogP) is 5.59. The lowest BCUT2D eigenvalue weighted by molar-refractivity contribution is -0.134. The number of rotatable bonds is 7. The maximum Gasteiger partial charge on any atom is 0.310 e. The summed E-state index contributed by atoms with van der Waals surface area (Å²) in [6, 6.07) is 14.5. The SMILES string of the molecule is CCC(=O)Oc1c(Cl)cc(C(=O)N2CCC2)cc1S(=O)(=O)Cc1cc(-c2ccccc2)c(C)cc1F. The van der Waals surface area contributed by atoms with Gasteiger partial charge < -0.3 is 9.64 Å². The first kappa shape index (κ1) is 25.9. The Morgan fingerprint density at radius 2 is 1.78 bits per heavy atom. The van der Waals surface area contributed by atoms with Crippen LogP contribution in [0.2, 0.25) is 5.02 Å². The number of likely N-dealkylation sites (tertiary alicyclic amines) is 1. The van der Waals surface area contributed by atoms with Crippen molar-refractivity contribution >= 4 is 33.3 Å². The van der Waals surface area contributed by atoms with Crippen LogP contribution >= 0.6 is 11.6 Å². The summed E-state index contributed by atoms with van der Waals surface area (Å²) in [5, 5.41) is -0.184. The molecule has 0 aromatic heterocycles. The largest absolute Gasteiger partial charge is 0.424 e. The Morgan fingerprint density at radius 3 is 2.39 bits per heavy atom. The van der Waals surface area contributed by atoms with E-state index in [1.54, 1.807) is 18.7 Å². The first-order valence-corrected chi connectivity index (χ1v) is 13.5. The van der Waals surface area contributed by atoms with Crippen LogP contribution in [0, 0.1) is 12.7 Å². The molecular formula is C27H25ClFNO5S. The van der Waals surface area contributed by atoms with Crippen molar-refractivity contribution < 1.29 is 27.1 Å². The summed E-state index contributed by atoms with van der Waals surface area (Å²) in [6.07, 6.45) is 0.838. The summed E-state index contributed by atoms with van der Waals surface area (Å²) in [5.41, 5.74) is 2.17. The Morgan fingerprint density at radius 1 is 1.08 bits per heavy atom. The van der Waals surface area contributed by atoms with Crippen molar-refractivity contribution in [2.45, 2.75) is 37.3 Å². The van der Waals surface area contributed by atoms with Gasteiger partial charge in [0, 0.05) is 30.6 Å². The third-order valence-corrected chi connectivity index (χ3v) is 8.01. The Labute approximate surface area is 214 Å². The number of sulfone groups is 1. The zero-order chi connectivity index (χ0) is 26.0. The van der Waals surface area contributed by atoms with Gasteiger partial charge in [0.1, 0.15) is 10.7 Å². The van der Waals surface area contributed by atoms with Crippen LogP contribution in [0.3, 0.4) is 0 Å². The number of halogens is 2. The molecule has 1 amide bonds. The molecule has 0 radical (unpaired) electrons. The van der Waals surface area contributed by atoms with Crippen molar-refractivity contribution in [3.63, 3.8) is 0 Å². The molecule has 3 aromatic carbocycles. The van der Waals surface area contributed by atoms with Gasteiger partial charge in [0.05, 0.1) is 10.8 Å². The Balaban J connectivity index is 1.80. The number of hydrogen-bond donors (Lipinski definition) is 0. The average molecular weight is 530 g/mol. The fraction of sp³-hybridized carbons (Fsp3) is 0.259. The molecule has 9 heteroatoms. The normalized spacial score (nSPS) is 13.3. The summed E-state index contributed by atoms with van der Waals surface area (Å²) >= 11 is 6.33. The molecular weight excluding hydrogens is 505 g/mol. The van der Waals surface area contributed by atoms with Crippen molar-refractivity contribution in [1.29, 1.82) is 0 Å². The van der Waals surface area contributed by atoms with Gasteiger partial charge in [-0.15, -0.1) is 0 Å². The lowest BCUT2D eigenvalue weighted by atomic mass is 9.98. The molecule has 0 unspecified atom stereocenters. The van der Waals surface area contributed by atoms with E-state index in [-0.39, 0.29) is 34.2 Å². The van der Waals surface area contributed by atoms with Gasteiger partial charge in [-0.1, -0.05) is 48.9 Å². The van der Waals surface area contributed by atoms with Gasteiger partial charge >= 0.3 is 5.97 Å². The van der Waals surface area contributed by atoms with Crippen LogP contribution in [0.15, 0.2) is 59.5 Å². The average Bonchev–Trinajstić information content (AvgIpc) is 2.81. The molecule has 1 fully saturated rings. The van der Waals surface area contributed by atoms with Crippen LogP contribution in [0.25, 0.3) is 11.1 Å². The molecule has 3 aromatic rings. The molecule has 0 aliphatic carbocycles. The summed E-state index contributed by atoms with van der Waals surface area (Å²) in [4.78, 5) is 26.0. The van der Waals surface area contributed by atoms with E-state index in [0.717, 1.165) is 18.1 Å². The van der Waals surface area contributed by atoms with Crippen molar-refractivity contribution in [3.8, 4) is 16.9 Å². The van der Waals surface area contributed by atoms with Crippen LogP contribution in [0.1, 0.15) is 41.3 Å². The maximum absolute atomic E-state index is 15.0. The van der Waals surface area contributed by atoms with E-state index in [1.165, 1.54) is 18.2 Å². The quantitative estimate of drug-likeness (QED) is 0.294. The van der Waals surface area contributed by atoms with E-state index < -0.39 is 32.3 Å². The highest BCUT2D eigenvalue weighted by Gasteiger charge is 2.30. The highest BCUT2D eigenvalue weighted by atomic mass is 35.5. The molecule has 36 heavy (non-hydrogen) atoms. The third kappa shape index (κ3) is 5.29. The summed E-state index contributed by atoms with van der Waals surface area (Å²) in [7, 11) is -4.30. The minimum Gasteiger partial charge on any atom is -0.424 e. The number of aryl methyl sites for hydroxylation is 1.